The molecule has 0 saturated carbocycles. The molecule has 0 aromatic heterocycles. The largest absolute Gasteiger partial charge is 0.480 e. The normalized spacial score (nSPS) is 17.2. The minimum Gasteiger partial charge on any atom is -0.480 e. The molecule has 130 valence electrons. The molecule has 1 fully saturated rings. The molecular weight excluding hydrogens is 380 g/mol. The van der Waals surface area contributed by atoms with Crippen LogP contribution in [0.4, 0.5) is 5.69 Å². The Balaban J connectivity index is 2.14. The number of carboxylic acids is 1. The Morgan fingerprint density at radius 3 is 2.75 bits per heavy atom. The molecular formula is C16H19BrN2O5. The maximum absolute atomic E-state index is 12.6. The second-order valence-corrected chi connectivity index (χ2v) is 6.28. The number of carbonyl (C=O) groups is 3. The van der Waals surface area contributed by atoms with Crippen molar-refractivity contribution >= 4 is 39.4 Å². The highest BCUT2D eigenvalue weighted by Gasteiger charge is 2.40. The van der Waals surface area contributed by atoms with E-state index in [1.165, 1.54) is 7.11 Å². The minimum atomic E-state index is -1.12. The first-order valence-electron chi connectivity index (χ1n) is 7.51. The van der Waals surface area contributed by atoms with E-state index in [-0.39, 0.29) is 19.1 Å². The van der Waals surface area contributed by atoms with E-state index in [0.717, 1.165) is 9.37 Å². The van der Waals surface area contributed by atoms with Gasteiger partial charge < -0.3 is 19.6 Å². The number of halogens is 1. The van der Waals surface area contributed by atoms with Crippen molar-refractivity contribution in [2.24, 2.45) is 5.92 Å². The molecule has 1 saturated heterocycles. The van der Waals surface area contributed by atoms with Crippen molar-refractivity contribution in [3.63, 3.8) is 0 Å². The van der Waals surface area contributed by atoms with Crippen molar-refractivity contribution in [3.05, 3.63) is 28.7 Å². The van der Waals surface area contributed by atoms with E-state index >= 15 is 0 Å². The first kappa shape index (κ1) is 18.4. The van der Waals surface area contributed by atoms with Crippen LogP contribution in [-0.4, -0.2) is 61.1 Å². The van der Waals surface area contributed by atoms with Crippen molar-refractivity contribution in [2.45, 2.75) is 6.42 Å². The zero-order valence-corrected chi connectivity index (χ0v) is 14.9. The van der Waals surface area contributed by atoms with Crippen LogP contribution in [0.25, 0.3) is 0 Å². The molecule has 1 aliphatic heterocycles. The highest BCUT2D eigenvalue weighted by molar-refractivity contribution is 9.10. The van der Waals surface area contributed by atoms with Gasteiger partial charge in [-0.2, -0.15) is 0 Å². The lowest BCUT2D eigenvalue weighted by Crippen LogP contribution is -2.44. The standard InChI is InChI=1S/C16H19BrN2O5/c1-24-9-8-18(10-14(20)21)15(22)11-6-7-19(16(11)23)13-5-3-2-4-12(13)17/h2-5,11H,6-10H2,1H3,(H,20,21)/t11-/m1/s1. The van der Waals surface area contributed by atoms with Crippen LogP contribution in [0.1, 0.15) is 6.42 Å². The number of amides is 2. The van der Waals surface area contributed by atoms with Gasteiger partial charge in [0.25, 0.3) is 0 Å². The smallest absolute Gasteiger partial charge is 0.323 e. The van der Waals surface area contributed by atoms with Crippen LogP contribution < -0.4 is 4.90 Å². The van der Waals surface area contributed by atoms with Gasteiger partial charge in [-0.25, -0.2) is 0 Å². The third-order valence-electron chi connectivity index (χ3n) is 3.85. The molecule has 0 radical (unpaired) electrons. The van der Waals surface area contributed by atoms with Crippen LogP contribution in [0.5, 0.6) is 0 Å². The molecule has 0 spiro atoms. The van der Waals surface area contributed by atoms with Crippen LogP contribution in [0.15, 0.2) is 28.7 Å². The summed E-state index contributed by atoms with van der Waals surface area (Å²) in [6.07, 6.45) is 0.363. The molecule has 1 aromatic rings. The van der Waals surface area contributed by atoms with E-state index in [1.807, 2.05) is 18.2 Å². The van der Waals surface area contributed by atoms with Gasteiger partial charge in [0.15, 0.2) is 0 Å². The lowest BCUT2D eigenvalue weighted by molar-refractivity contribution is -0.148. The average molecular weight is 399 g/mol. The fraction of sp³-hybridized carbons (Fsp3) is 0.438. The van der Waals surface area contributed by atoms with Crippen molar-refractivity contribution < 1.29 is 24.2 Å². The second kappa shape index (κ2) is 8.25. The monoisotopic (exact) mass is 398 g/mol. The number of aliphatic carboxylic acids is 1. The summed E-state index contributed by atoms with van der Waals surface area (Å²) in [7, 11) is 1.47. The van der Waals surface area contributed by atoms with Gasteiger partial charge in [-0.15, -0.1) is 0 Å². The molecule has 1 aromatic carbocycles. The molecule has 1 aliphatic rings. The van der Waals surface area contributed by atoms with E-state index in [9.17, 15) is 14.4 Å². The number of anilines is 1. The Morgan fingerprint density at radius 1 is 1.42 bits per heavy atom. The zero-order valence-electron chi connectivity index (χ0n) is 13.3. The highest BCUT2D eigenvalue weighted by atomic mass is 79.9. The number of carbonyl (C=O) groups excluding carboxylic acids is 2. The highest BCUT2D eigenvalue weighted by Crippen LogP contribution is 2.31. The lowest BCUT2D eigenvalue weighted by atomic mass is 10.1. The Kier molecular flexibility index (Phi) is 6.33. The molecule has 2 rings (SSSR count). The lowest BCUT2D eigenvalue weighted by Gasteiger charge is -2.23. The second-order valence-electron chi connectivity index (χ2n) is 5.43. The third-order valence-corrected chi connectivity index (χ3v) is 4.52. The van der Waals surface area contributed by atoms with Crippen molar-refractivity contribution in [3.8, 4) is 0 Å². The Labute approximate surface area is 148 Å². The minimum absolute atomic E-state index is 0.139. The van der Waals surface area contributed by atoms with Crippen LogP contribution in [0.3, 0.4) is 0 Å². The summed E-state index contributed by atoms with van der Waals surface area (Å²) in [6, 6.07) is 7.29. The Morgan fingerprint density at radius 2 is 2.12 bits per heavy atom. The Hall–Kier alpha value is -1.93. The summed E-state index contributed by atoms with van der Waals surface area (Å²) < 4.78 is 5.68. The first-order valence-corrected chi connectivity index (χ1v) is 8.30. The van der Waals surface area contributed by atoms with Crippen molar-refractivity contribution in [2.75, 3.05) is 38.3 Å². The quantitative estimate of drug-likeness (QED) is 0.700. The van der Waals surface area contributed by atoms with E-state index in [2.05, 4.69) is 15.9 Å². The molecule has 24 heavy (non-hydrogen) atoms. The molecule has 0 bridgehead atoms. The summed E-state index contributed by atoms with van der Waals surface area (Å²) in [6.45, 7) is 0.332. The van der Waals surface area contributed by atoms with Gasteiger partial charge in [0.05, 0.1) is 12.3 Å². The summed E-state index contributed by atoms with van der Waals surface area (Å²) in [4.78, 5) is 38.9. The molecule has 1 atom stereocenters. The predicted molar refractivity (Wildman–Crippen MR) is 90.7 cm³/mol. The maximum Gasteiger partial charge on any atom is 0.323 e. The zero-order chi connectivity index (χ0) is 17.7. The van der Waals surface area contributed by atoms with E-state index in [4.69, 9.17) is 9.84 Å². The number of nitrogens with zero attached hydrogens (tertiary/aromatic N) is 2. The first-order chi connectivity index (χ1) is 11.5. The predicted octanol–water partition coefficient (Wildman–Crippen LogP) is 1.36. The van der Waals surface area contributed by atoms with Gasteiger partial charge in [-0.1, -0.05) is 12.1 Å². The molecule has 2 amide bonds. The summed E-state index contributed by atoms with van der Waals surface area (Å²) in [5, 5.41) is 8.97. The van der Waals surface area contributed by atoms with E-state index in [0.29, 0.717) is 18.7 Å². The molecule has 0 aliphatic carbocycles. The van der Waals surface area contributed by atoms with E-state index < -0.39 is 24.3 Å². The number of hydrogen-bond donors (Lipinski definition) is 1. The number of benzene rings is 1. The molecule has 1 heterocycles. The fourth-order valence-corrected chi connectivity index (χ4v) is 3.17. The van der Waals surface area contributed by atoms with Crippen LogP contribution >= 0.6 is 15.9 Å². The SMILES string of the molecule is COCCN(CC(=O)O)C(=O)[C@H]1CCN(c2ccccc2Br)C1=O. The van der Waals surface area contributed by atoms with E-state index in [1.54, 1.807) is 11.0 Å². The number of rotatable bonds is 7. The van der Waals surface area contributed by atoms with Gasteiger partial charge in [-0.05, 0) is 34.5 Å². The molecule has 7 nitrogen and oxygen atoms in total. The summed E-state index contributed by atoms with van der Waals surface area (Å²) in [5.74, 6) is -2.74. The molecule has 8 heteroatoms. The van der Waals surface area contributed by atoms with Crippen molar-refractivity contribution in [1.82, 2.24) is 4.90 Å². The number of carboxylic acid groups (broad SMARTS) is 1. The van der Waals surface area contributed by atoms with Gasteiger partial charge in [0.2, 0.25) is 11.8 Å². The van der Waals surface area contributed by atoms with Crippen LogP contribution in [0.2, 0.25) is 0 Å². The fourth-order valence-electron chi connectivity index (χ4n) is 2.67. The molecule has 1 N–H and O–H groups in total. The number of hydrogen-bond acceptors (Lipinski definition) is 4. The summed E-state index contributed by atoms with van der Waals surface area (Å²) >= 11 is 3.40. The van der Waals surface area contributed by atoms with Crippen LogP contribution in [0, 0.1) is 5.92 Å². The molecule has 0 unspecified atom stereocenters. The third kappa shape index (κ3) is 4.12. The van der Waals surface area contributed by atoms with Gasteiger partial charge >= 0.3 is 5.97 Å². The summed E-state index contributed by atoms with van der Waals surface area (Å²) in [5.41, 5.74) is 0.708. The maximum atomic E-state index is 12.6. The number of ether oxygens (including phenoxy) is 1. The number of methoxy groups -OCH3 is 1. The van der Waals surface area contributed by atoms with Gasteiger partial charge in [0, 0.05) is 24.7 Å². The van der Waals surface area contributed by atoms with Gasteiger partial charge in [0.1, 0.15) is 12.5 Å². The van der Waals surface area contributed by atoms with Crippen LogP contribution in [-0.2, 0) is 19.1 Å². The average Bonchev–Trinajstić information content (AvgIpc) is 2.92. The number of para-hydroxylation sites is 1. The van der Waals surface area contributed by atoms with Crippen molar-refractivity contribution in [1.29, 1.82) is 0 Å². The Bertz CT molecular complexity index is 637. The topological polar surface area (TPSA) is 87.2 Å². The van der Waals surface area contributed by atoms with Gasteiger partial charge in [-0.3, -0.25) is 14.4 Å².